The summed E-state index contributed by atoms with van der Waals surface area (Å²) in [6, 6.07) is 0. The molecule has 3 atom stereocenters. The summed E-state index contributed by atoms with van der Waals surface area (Å²) >= 11 is 0. The molecule has 2 saturated carbocycles. The van der Waals surface area contributed by atoms with E-state index >= 15 is 0 Å². The van der Waals surface area contributed by atoms with Crippen LogP contribution in [0.1, 0.15) is 19.3 Å². The summed E-state index contributed by atoms with van der Waals surface area (Å²) in [7, 11) is 0. The van der Waals surface area contributed by atoms with E-state index < -0.39 is 29.6 Å². The summed E-state index contributed by atoms with van der Waals surface area (Å²) < 4.78 is 26.3. The Hall–Kier alpha value is -0.670. The van der Waals surface area contributed by atoms with Crippen molar-refractivity contribution in [3.8, 4) is 0 Å². The zero-order valence-corrected chi connectivity index (χ0v) is 6.46. The van der Waals surface area contributed by atoms with E-state index in [1.54, 1.807) is 0 Å². The summed E-state index contributed by atoms with van der Waals surface area (Å²) in [5.41, 5.74) is 0. The lowest BCUT2D eigenvalue weighted by Gasteiger charge is -2.16. The van der Waals surface area contributed by atoms with Gasteiger partial charge in [0.05, 0.1) is 5.92 Å². The first-order valence-electron chi connectivity index (χ1n) is 4.14. The van der Waals surface area contributed by atoms with Gasteiger partial charge in [0.1, 0.15) is 0 Å². The van der Waals surface area contributed by atoms with Gasteiger partial charge in [-0.3, -0.25) is 4.79 Å². The van der Waals surface area contributed by atoms with Gasteiger partial charge in [-0.2, -0.15) is 0 Å². The quantitative estimate of drug-likeness (QED) is 0.660. The van der Waals surface area contributed by atoms with Crippen molar-refractivity contribution >= 4 is 5.97 Å². The lowest BCUT2D eigenvalue weighted by atomic mass is 9.89. The maximum atomic E-state index is 13.1. The van der Waals surface area contributed by atoms with Crippen molar-refractivity contribution in [2.75, 3.05) is 0 Å². The first-order chi connectivity index (χ1) is 5.53. The molecule has 2 fully saturated rings. The maximum Gasteiger partial charge on any atom is 0.307 e. The Bertz CT molecular complexity index is 227. The van der Waals surface area contributed by atoms with Crippen LogP contribution >= 0.6 is 0 Å². The first kappa shape index (κ1) is 7.95. The standard InChI is InChI=1S/C8H10F2O2/c9-8(10)4-1-2-6(8)5(3-4)7(11)12/h4-6H,1-3H2,(H,11,12)/t4-,5+,6+/m1/s1. The van der Waals surface area contributed by atoms with Crippen LogP contribution in [0.25, 0.3) is 0 Å². The second kappa shape index (κ2) is 2.18. The van der Waals surface area contributed by atoms with E-state index in [-0.39, 0.29) is 6.42 Å². The zero-order chi connectivity index (χ0) is 8.93. The minimum absolute atomic E-state index is 0.174. The van der Waals surface area contributed by atoms with E-state index in [9.17, 15) is 13.6 Å². The van der Waals surface area contributed by atoms with Crippen LogP contribution in [-0.4, -0.2) is 17.0 Å². The summed E-state index contributed by atoms with van der Waals surface area (Å²) in [4.78, 5) is 10.5. The smallest absolute Gasteiger partial charge is 0.307 e. The van der Waals surface area contributed by atoms with E-state index in [4.69, 9.17) is 5.11 Å². The monoisotopic (exact) mass is 176 g/mol. The number of carboxylic acids is 1. The van der Waals surface area contributed by atoms with Crippen LogP contribution in [0.4, 0.5) is 8.78 Å². The van der Waals surface area contributed by atoms with Crippen molar-refractivity contribution in [3.05, 3.63) is 0 Å². The van der Waals surface area contributed by atoms with E-state index in [1.165, 1.54) is 0 Å². The van der Waals surface area contributed by atoms with E-state index in [1.807, 2.05) is 0 Å². The Morgan fingerprint density at radius 1 is 1.42 bits per heavy atom. The molecule has 2 aliphatic carbocycles. The second-order valence-electron chi connectivity index (χ2n) is 3.74. The van der Waals surface area contributed by atoms with Crippen LogP contribution in [0.15, 0.2) is 0 Å². The third kappa shape index (κ3) is 0.807. The van der Waals surface area contributed by atoms with Crippen LogP contribution < -0.4 is 0 Å². The van der Waals surface area contributed by atoms with Gasteiger partial charge in [0.15, 0.2) is 0 Å². The highest BCUT2D eigenvalue weighted by molar-refractivity contribution is 5.71. The van der Waals surface area contributed by atoms with Gasteiger partial charge in [-0.15, -0.1) is 0 Å². The van der Waals surface area contributed by atoms with E-state index in [2.05, 4.69) is 0 Å². The Labute approximate surface area is 68.6 Å². The van der Waals surface area contributed by atoms with Gasteiger partial charge in [-0.05, 0) is 19.3 Å². The van der Waals surface area contributed by atoms with Gasteiger partial charge in [-0.25, -0.2) is 8.78 Å². The number of rotatable bonds is 1. The zero-order valence-electron chi connectivity index (χ0n) is 6.46. The van der Waals surface area contributed by atoms with Gasteiger partial charge in [0, 0.05) is 11.8 Å². The second-order valence-corrected chi connectivity index (χ2v) is 3.74. The van der Waals surface area contributed by atoms with Crippen LogP contribution in [0.3, 0.4) is 0 Å². The van der Waals surface area contributed by atoms with Crippen molar-refractivity contribution < 1.29 is 18.7 Å². The average molecular weight is 176 g/mol. The summed E-state index contributed by atoms with van der Waals surface area (Å²) in [5, 5.41) is 8.63. The van der Waals surface area contributed by atoms with Crippen molar-refractivity contribution in [3.63, 3.8) is 0 Å². The Balaban J connectivity index is 2.24. The first-order valence-corrected chi connectivity index (χ1v) is 4.14. The van der Waals surface area contributed by atoms with Gasteiger partial charge in [0.2, 0.25) is 0 Å². The minimum atomic E-state index is -2.71. The van der Waals surface area contributed by atoms with Crippen molar-refractivity contribution in [2.45, 2.75) is 25.2 Å². The number of hydrogen-bond donors (Lipinski definition) is 1. The fourth-order valence-electron chi connectivity index (χ4n) is 2.56. The summed E-state index contributed by atoms with van der Waals surface area (Å²) in [5.74, 6) is -6.10. The molecule has 1 N–H and O–H groups in total. The molecule has 2 bridgehead atoms. The van der Waals surface area contributed by atoms with Crippen LogP contribution in [0.5, 0.6) is 0 Å². The number of alkyl halides is 2. The molecule has 0 radical (unpaired) electrons. The molecular formula is C8H10F2O2. The van der Waals surface area contributed by atoms with Crippen molar-refractivity contribution in [1.82, 2.24) is 0 Å². The molecule has 68 valence electrons. The highest BCUT2D eigenvalue weighted by Crippen LogP contribution is 2.58. The minimum Gasteiger partial charge on any atom is -0.481 e. The fourth-order valence-corrected chi connectivity index (χ4v) is 2.56. The highest BCUT2D eigenvalue weighted by Gasteiger charge is 2.62. The fraction of sp³-hybridized carbons (Fsp3) is 0.875. The highest BCUT2D eigenvalue weighted by atomic mass is 19.3. The SMILES string of the molecule is O=C(O)[C@H]1C[C@H]2CC[C@@H]1C2(F)F. The number of carboxylic acid groups (broad SMARTS) is 1. The molecule has 2 aliphatic rings. The molecule has 0 spiro atoms. The lowest BCUT2D eigenvalue weighted by molar-refractivity contribution is -0.145. The molecule has 0 aliphatic heterocycles. The molecule has 2 rings (SSSR count). The number of halogens is 2. The number of hydrogen-bond acceptors (Lipinski definition) is 1. The molecule has 0 saturated heterocycles. The molecule has 0 unspecified atom stereocenters. The lowest BCUT2D eigenvalue weighted by Crippen LogP contribution is -2.27. The predicted molar refractivity (Wildman–Crippen MR) is 36.9 cm³/mol. The van der Waals surface area contributed by atoms with Gasteiger partial charge < -0.3 is 5.11 Å². The molecule has 2 nitrogen and oxygen atoms in total. The van der Waals surface area contributed by atoms with Crippen molar-refractivity contribution in [1.29, 1.82) is 0 Å². The van der Waals surface area contributed by atoms with Gasteiger partial charge >= 0.3 is 5.97 Å². The van der Waals surface area contributed by atoms with Gasteiger partial charge in [0.25, 0.3) is 5.92 Å². The predicted octanol–water partition coefficient (Wildman–Crippen LogP) is 1.75. The third-order valence-corrected chi connectivity index (χ3v) is 3.21. The molecule has 0 heterocycles. The normalized spacial score (nSPS) is 43.3. The van der Waals surface area contributed by atoms with E-state index in [0.29, 0.717) is 12.8 Å². The van der Waals surface area contributed by atoms with Crippen molar-refractivity contribution in [2.24, 2.45) is 17.8 Å². The molecular weight excluding hydrogens is 166 g/mol. The topological polar surface area (TPSA) is 37.3 Å². The molecule has 12 heavy (non-hydrogen) atoms. The average Bonchev–Trinajstić information content (AvgIpc) is 2.40. The number of fused-ring (bicyclic) bond motifs is 2. The molecule has 0 aromatic carbocycles. The Kier molecular flexibility index (Phi) is 1.44. The largest absolute Gasteiger partial charge is 0.481 e. The Morgan fingerprint density at radius 2 is 2.08 bits per heavy atom. The maximum absolute atomic E-state index is 13.1. The van der Waals surface area contributed by atoms with Crippen LogP contribution in [0, 0.1) is 17.8 Å². The van der Waals surface area contributed by atoms with Crippen LogP contribution in [-0.2, 0) is 4.79 Å². The van der Waals surface area contributed by atoms with Crippen LogP contribution in [0.2, 0.25) is 0 Å². The summed E-state index contributed by atoms with van der Waals surface area (Å²) in [6.07, 6.45) is 1.06. The summed E-state index contributed by atoms with van der Waals surface area (Å²) in [6.45, 7) is 0. The number of carbonyl (C=O) groups is 1. The molecule has 0 aromatic rings. The molecule has 0 aromatic heterocycles. The third-order valence-electron chi connectivity index (χ3n) is 3.21. The van der Waals surface area contributed by atoms with Gasteiger partial charge in [-0.1, -0.05) is 0 Å². The van der Waals surface area contributed by atoms with E-state index in [0.717, 1.165) is 0 Å². The Morgan fingerprint density at radius 3 is 2.33 bits per heavy atom. The number of aliphatic carboxylic acids is 1. The molecule has 4 heteroatoms. The molecule has 0 amide bonds.